The Kier molecular flexibility index (Phi) is 7.62. The summed E-state index contributed by atoms with van der Waals surface area (Å²) in [5.41, 5.74) is 2.87. The van der Waals surface area contributed by atoms with Crippen LogP contribution in [-0.2, 0) is 16.8 Å². The van der Waals surface area contributed by atoms with Crippen LogP contribution < -0.4 is 14.4 Å². The van der Waals surface area contributed by atoms with Crippen LogP contribution in [0.1, 0.15) is 56.0 Å². The molecule has 202 valence electrons. The number of carbonyl (C=O) groups is 1. The van der Waals surface area contributed by atoms with Gasteiger partial charge in [-0.3, -0.25) is 4.79 Å². The zero-order valence-electron chi connectivity index (χ0n) is 22.5. The highest BCUT2D eigenvalue weighted by Gasteiger charge is 2.29. The lowest BCUT2D eigenvalue weighted by Crippen LogP contribution is -2.48. The van der Waals surface area contributed by atoms with E-state index in [9.17, 15) is 10.1 Å². The highest BCUT2D eigenvalue weighted by atomic mass is 35.5. The van der Waals surface area contributed by atoms with Crippen molar-refractivity contribution < 1.29 is 14.3 Å². The Morgan fingerprint density at radius 3 is 2.46 bits per heavy atom. The van der Waals surface area contributed by atoms with Crippen molar-refractivity contribution in [3.63, 3.8) is 0 Å². The molecule has 1 aliphatic carbocycles. The summed E-state index contributed by atoms with van der Waals surface area (Å²) >= 11 is 6.56. The Labute approximate surface area is 234 Å². The molecule has 0 unspecified atom stereocenters. The zero-order valence-corrected chi connectivity index (χ0v) is 23.2. The van der Waals surface area contributed by atoms with Gasteiger partial charge >= 0.3 is 0 Å². The zero-order chi connectivity index (χ0) is 27.6. The Morgan fingerprint density at radius 1 is 1.10 bits per heavy atom. The number of nitrogens with zero attached hydrogens (tertiary/aromatic N) is 5. The molecule has 9 heteroatoms. The second kappa shape index (κ2) is 11.1. The molecular weight excluding hydrogens is 514 g/mol. The number of rotatable bonds is 8. The third kappa shape index (κ3) is 6.10. The SMILES string of the molecule is CC(=O)N1CCN(c2nccc(COc3ccc(C(C)(C)c4cc(Cl)c(OC5CC5)c(C#N)c4)cc3)n2)CC1. The van der Waals surface area contributed by atoms with Gasteiger partial charge in [0.15, 0.2) is 5.75 Å². The predicted octanol–water partition coefficient (Wildman–Crippen LogP) is 5.12. The first-order valence-corrected chi connectivity index (χ1v) is 13.6. The summed E-state index contributed by atoms with van der Waals surface area (Å²) in [6, 6.07) is 15.8. The molecule has 1 aromatic heterocycles. The van der Waals surface area contributed by atoms with E-state index in [-0.39, 0.29) is 17.4 Å². The summed E-state index contributed by atoms with van der Waals surface area (Å²) in [5, 5.41) is 10.2. The van der Waals surface area contributed by atoms with Gasteiger partial charge in [-0.15, -0.1) is 0 Å². The van der Waals surface area contributed by atoms with Gasteiger partial charge < -0.3 is 19.3 Å². The number of nitriles is 1. The van der Waals surface area contributed by atoms with Crippen LogP contribution in [0.5, 0.6) is 11.5 Å². The van der Waals surface area contributed by atoms with Crippen molar-refractivity contribution in [2.24, 2.45) is 0 Å². The molecule has 1 amide bonds. The third-order valence-electron chi connectivity index (χ3n) is 7.37. The molecule has 0 N–H and O–H groups in total. The van der Waals surface area contributed by atoms with Crippen LogP contribution >= 0.6 is 11.6 Å². The van der Waals surface area contributed by atoms with Crippen LogP contribution in [0, 0.1) is 11.3 Å². The minimum Gasteiger partial charge on any atom is -0.487 e. The van der Waals surface area contributed by atoms with E-state index in [4.69, 9.17) is 21.1 Å². The summed E-state index contributed by atoms with van der Waals surface area (Å²) < 4.78 is 11.9. The minimum absolute atomic E-state index is 0.0965. The van der Waals surface area contributed by atoms with Crippen molar-refractivity contribution in [1.82, 2.24) is 14.9 Å². The van der Waals surface area contributed by atoms with Crippen molar-refractivity contribution in [3.05, 3.63) is 76.1 Å². The van der Waals surface area contributed by atoms with E-state index in [2.05, 4.69) is 34.8 Å². The number of anilines is 1. The number of piperazine rings is 1. The number of ether oxygens (including phenoxy) is 2. The fraction of sp³-hybridized carbons (Fsp3) is 0.400. The standard InChI is InChI=1S/C30H32ClN5O3/c1-20(37)35-12-14-36(15-13-35)29-33-11-10-24(34-29)19-38-25-6-4-22(5-7-25)30(2,3)23-16-21(18-32)28(27(31)17-23)39-26-8-9-26/h4-7,10-11,16-17,26H,8-9,12-15,19H2,1-3H3. The first kappa shape index (κ1) is 26.8. The van der Waals surface area contributed by atoms with Crippen LogP contribution in [0.3, 0.4) is 0 Å². The van der Waals surface area contributed by atoms with Crippen molar-refractivity contribution >= 4 is 23.5 Å². The summed E-state index contributed by atoms with van der Waals surface area (Å²) in [5.74, 6) is 1.96. The van der Waals surface area contributed by atoms with E-state index in [0.29, 0.717) is 55.1 Å². The molecule has 5 rings (SSSR count). The topological polar surface area (TPSA) is 91.6 Å². The van der Waals surface area contributed by atoms with Gasteiger partial charge in [-0.1, -0.05) is 37.6 Å². The van der Waals surface area contributed by atoms with Gasteiger partial charge in [0.2, 0.25) is 11.9 Å². The maximum atomic E-state index is 11.6. The lowest BCUT2D eigenvalue weighted by atomic mass is 9.77. The smallest absolute Gasteiger partial charge is 0.225 e. The van der Waals surface area contributed by atoms with Gasteiger partial charge in [0.25, 0.3) is 0 Å². The Bertz CT molecular complexity index is 1390. The molecule has 2 heterocycles. The normalized spacial score (nSPS) is 15.6. The van der Waals surface area contributed by atoms with E-state index in [0.717, 1.165) is 35.4 Å². The number of hydrogen-bond donors (Lipinski definition) is 0. The molecule has 0 spiro atoms. The largest absolute Gasteiger partial charge is 0.487 e. The quantitative estimate of drug-likeness (QED) is 0.388. The third-order valence-corrected chi connectivity index (χ3v) is 7.65. The maximum absolute atomic E-state index is 11.6. The van der Waals surface area contributed by atoms with Crippen molar-refractivity contribution in [1.29, 1.82) is 5.26 Å². The van der Waals surface area contributed by atoms with Crippen molar-refractivity contribution in [3.8, 4) is 17.6 Å². The van der Waals surface area contributed by atoms with E-state index >= 15 is 0 Å². The fourth-order valence-electron chi connectivity index (χ4n) is 4.64. The number of halogens is 1. The Hall–Kier alpha value is -3.83. The number of hydrogen-bond acceptors (Lipinski definition) is 7. The second-order valence-corrected chi connectivity index (χ2v) is 11.0. The van der Waals surface area contributed by atoms with Crippen LogP contribution in [0.4, 0.5) is 5.95 Å². The molecule has 8 nitrogen and oxygen atoms in total. The van der Waals surface area contributed by atoms with Gasteiger partial charge in [0, 0.05) is 44.7 Å². The van der Waals surface area contributed by atoms with E-state index in [1.54, 1.807) is 13.1 Å². The minimum atomic E-state index is -0.389. The molecule has 0 radical (unpaired) electrons. The van der Waals surface area contributed by atoms with Crippen molar-refractivity contribution in [2.45, 2.75) is 51.7 Å². The number of amides is 1. The molecule has 1 aliphatic heterocycles. The Morgan fingerprint density at radius 2 is 1.82 bits per heavy atom. The molecule has 39 heavy (non-hydrogen) atoms. The van der Waals surface area contributed by atoms with Gasteiger partial charge in [0.05, 0.1) is 22.4 Å². The highest BCUT2D eigenvalue weighted by Crippen LogP contribution is 2.40. The maximum Gasteiger partial charge on any atom is 0.225 e. The van der Waals surface area contributed by atoms with Gasteiger partial charge in [-0.25, -0.2) is 9.97 Å². The average molecular weight is 546 g/mol. The summed E-state index contributed by atoms with van der Waals surface area (Å²) in [6.07, 6.45) is 3.91. The molecule has 3 aromatic rings. The molecule has 2 aromatic carbocycles. The van der Waals surface area contributed by atoms with Crippen LogP contribution in [0.2, 0.25) is 5.02 Å². The molecule has 2 aliphatic rings. The first-order chi connectivity index (χ1) is 18.7. The lowest BCUT2D eigenvalue weighted by molar-refractivity contribution is -0.129. The van der Waals surface area contributed by atoms with Crippen LogP contribution in [0.15, 0.2) is 48.7 Å². The van der Waals surface area contributed by atoms with Gasteiger partial charge in [0.1, 0.15) is 18.4 Å². The van der Waals surface area contributed by atoms with Crippen LogP contribution in [0.25, 0.3) is 0 Å². The number of benzene rings is 2. The molecule has 1 saturated carbocycles. The predicted molar refractivity (Wildman–Crippen MR) is 149 cm³/mol. The van der Waals surface area contributed by atoms with Crippen molar-refractivity contribution in [2.75, 3.05) is 31.1 Å². The van der Waals surface area contributed by atoms with E-state index < -0.39 is 0 Å². The molecule has 0 atom stereocenters. The molecule has 0 bridgehead atoms. The molecule has 2 fully saturated rings. The Balaban J connectivity index is 1.24. The second-order valence-electron chi connectivity index (χ2n) is 10.5. The van der Waals surface area contributed by atoms with Gasteiger partial charge in [-0.2, -0.15) is 5.26 Å². The van der Waals surface area contributed by atoms with E-state index in [1.165, 1.54) is 0 Å². The number of carbonyl (C=O) groups excluding carboxylic acids is 1. The molecular formula is C30H32ClN5O3. The highest BCUT2D eigenvalue weighted by molar-refractivity contribution is 6.32. The average Bonchev–Trinajstić information content (AvgIpc) is 3.77. The van der Waals surface area contributed by atoms with E-state index in [1.807, 2.05) is 47.4 Å². The summed E-state index contributed by atoms with van der Waals surface area (Å²) in [4.78, 5) is 24.6. The monoisotopic (exact) mass is 545 g/mol. The fourth-order valence-corrected chi connectivity index (χ4v) is 4.90. The lowest BCUT2D eigenvalue weighted by Gasteiger charge is -2.34. The molecule has 1 saturated heterocycles. The van der Waals surface area contributed by atoms with Gasteiger partial charge in [-0.05, 0) is 54.3 Å². The van der Waals surface area contributed by atoms with Crippen LogP contribution in [-0.4, -0.2) is 53.1 Å². The first-order valence-electron chi connectivity index (χ1n) is 13.2. The number of aromatic nitrogens is 2. The summed E-state index contributed by atoms with van der Waals surface area (Å²) in [6.45, 7) is 8.88. The summed E-state index contributed by atoms with van der Waals surface area (Å²) in [7, 11) is 0.